The predicted molar refractivity (Wildman–Crippen MR) is 123 cm³/mol. The number of likely N-dealkylation sites (N-methyl/N-ethyl adjacent to an activating group) is 1. The number of hydrazone groups is 1. The Hall–Kier alpha value is -3.77. The standard InChI is InChI=1S/C21H27F2N9O/c1-4-31-12-14(11-28-31)13-7-16(20(24)27-10-13)21(29-25)32(26)19-17(22)8-15(9-18(19)23)33-6-5-30(2)3/h7-12H,4-6,25-26H2,1-3H3,(H2,24,27)/b29-21-. The molecule has 0 aliphatic rings. The van der Waals surface area contributed by atoms with Gasteiger partial charge in [0, 0.05) is 48.7 Å². The summed E-state index contributed by atoms with van der Waals surface area (Å²) in [5.74, 6) is 9.58. The van der Waals surface area contributed by atoms with Crippen LogP contribution in [0.15, 0.2) is 41.9 Å². The number of benzene rings is 1. The van der Waals surface area contributed by atoms with Crippen LogP contribution in [-0.2, 0) is 6.54 Å². The molecule has 0 saturated heterocycles. The Morgan fingerprint density at radius 1 is 1.15 bits per heavy atom. The molecule has 1 aromatic carbocycles. The van der Waals surface area contributed by atoms with Gasteiger partial charge in [-0.15, -0.1) is 0 Å². The zero-order valence-electron chi connectivity index (χ0n) is 18.7. The van der Waals surface area contributed by atoms with Gasteiger partial charge >= 0.3 is 0 Å². The molecule has 2 aromatic heterocycles. The summed E-state index contributed by atoms with van der Waals surface area (Å²) in [5.41, 5.74) is 7.06. The molecule has 0 fully saturated rings. The average Bonchev–Trinajstić information content (AvgIpc) is 3.24. The fraction of sp³-hybridized carbons (Fsp3) is 0.286. The molecule has 0 aliphatic carbocycles. The van der Waals surface area contributed by atoms with E-state index in [2.05, 4.69) is 15.2 Å². The molecule has 0 bridgehead atoms. The van der Waals surface area contributed by atoms with Crippen LogP contribution in [0.5, 0.6) is 5.75 Å². The fourth-order valence-electron chi connectivity index (χ4n) is 3.07. The number of rotatable bonds is 8. The number of hydrogen-bond donors (Lipinski definition) is 3. The van der Waals surface area contributed by atoms with Crippen molar-refractivity contribution >= 4 is 17.3 Å². The predicted octanol–water partition coefficient (Wildman–Crippen LogP) is 1.77. The molecule has 6 N–H and O–H groups in total. The first kappa shape index (κ1) is 23.9. The SMILES string of the molecule is CCn1cc(-c2cnc(N)c(/C(=N/N)N(N)c3c(F)cc(OCCN(C)C)cc3F)c2)cn1. The number of aromatic nitrogens is 3. The molecule has 0 aliphatic heterocycles. The second-order valence-corrected chi connectivity index (χ2v) is 7.45. The molecule has 12 heteroatoms. The first-order valence-corrected chi connectivity index (χ1v) is 10.1. The van der Waals surface area contributed by atoms with Crippen molar-refractivity contribution in [2.45, 2.75) is 13.5 Å². The van der Waals surface area contributed by atoms with Crippen LogP contribution < -0.4 is 27.2 Å². The van der Waals surface area contributed by atoms with Gasteiger partial charge in [-0.05, 0) is 27.1 Å². The van der Waals surface area contributed by atoms with E-state index in [1.54, 1.807) is 23.1 Å². The van der Waals surface area contributed by atoms with Crippen molar-refractivity contribution in [1.29, 1.82) is 0 Å². The van der Waals surface area contributed by atoms with Crippen LogP contribution in [0.25, 0.3) is 11.1 Å². The van der Waals surface area contributed by atoms with Gasteiger partial charge in [0.25, 0.3) is 0 Å². The molecule has 0 atom stereocenters. The van der Waals surface area contributed by atoms with Crippen molar-refractivity contribution in [1.82, 2.24) is 19.7 Å². The van der Waals surface area contributed by atoms with Gasteiger partial charge in [-0.3, -0.25) is 9.69 Å². The van der Waals surface area contributed by atoms with Crippen molar-refractivity contribution < 1.29 is 13.5 Å². The van der Waals surface area contributed by atoms with Crippen molar-refractivity contribution in [3.63, 3.8) is 0 Å². The highest BCUT2D eigenvalue weighted by molar-refractivity contribution is 6.12. The third-order valence-electron chi connectivity index (χ3n) is 4.84. The minimum atomic E-state index is -0.953. The lowest BCUT2D eigenvalue weighted by atomic mass is 10.1. The third kappa shape index (κ3) is 5.35. The minimum absolute atomic E-state index is 0.0331. The number of anilines is 2. The van der Waals surface area contributed by atoms with Crippen LogP contribution in [0.2, 0.25) is 0 Å². The fourth-order valence-corrected chi connectivity index (χ4v) is 3.07. The lowest BCUT2D eigenvalue weighted by Crippen LogP contribution is -2.40. The first-order valence-electron chi connectivity index (χ1n) is 10.1. The lowest BCUT2D eigenvalue weighted by Gasteiger charge is -2.22. The summed E-state index contributed by atoms with van der Waals surface area (Å²) < 4.78 is 36.8. The number of halogens is 2. The number of aryl methyl sites for hydroxylation is 1. The van der Waals surface area contributed by atoms with E-state index in [1.807, 2.05) is 32.1 Å². The Bertz CT molecular complexity index is 1120. The monoisotopic (exact) mass is 459 g/mol. The zero-order valence-corrected chi connectivity index (χ0v) is 18.7. The molecule has 0 unspecified atom stereocenters. The van der Waals surface area contributed by atoms with E-state index in [4.69, 9.17) is 22.2 Å². The Morgan fingerprint density at radius 2 is 1.85 bits per heavy atom. The maximum absolute atomic E-state index is 14.8. The normalized spacial score (nSPS) is 11.8. The van der Waals surface area contributed by atoms with Crippen molar-refractivity contribution in [2.75, 3.05) is 38.0 Å². The third-order valence-corrected chi connectivity index (χ3v) is 4.84. The second-order valence-electron chi connectivity index (χ2n) is 7.45. The van der Waals surface area contributed by atoms with Gasteiger partial charge in [0.15, 0.2) is 17.5 Å². The molecule has 10 nitrogen and oxygen atoms in total. The van der Waals surface area contributed by atoms with Gasteiger partial charge in [-0.2, -0.15) is 10.2 Å². The average molecular weight is 460 g/mol. The van der Waals surface area contributed by atoms with Gasteiger partial charge < -0.3 is 21.2 Å². The molecule has 0 saturated carbocycles. The Labute approximate surface area is 190 Å². The molecule has 176 valence electrons. The van der Waals surface area contributed by atoms with E-state index in [-0.39, 0.29) is 29.6 Å². The number of ether oxygens (including phenoxy) is 1. The number of nitrogens with two attached hydrogens (primary N) is 3. The highest BCUT2D eigenvalue weighted by Crippen LogP contribution is 2.29. The van der Waals surface area contributed by atoms with Crippen LogP contribution in [0.1, 0.15) is 12.5 Å². The summed E-state index contributed by atoms with van der Waals surface area (Å²) in [6.07, 6.45) is 5.03. The van der Waals surface area contributed by atoms with E-state index in [1.165, 1.54) is 0 Å². The van der Waals surface area contributed by atoms with Crippen molar-refractivity contribution in [3.8, 4) is 16.9 Å². The topological polar surface area (TPSA) is 137 Å². The minimum Gasteiger partial charge on any atom is -0.492 e. The Balaban J connectivity index is 1.93. The lowest BCUT2D eigenvalue weighted by molar-refractivity contribution is 0.259. The summed E-state index contributed by atoms with van der Waals surface area (Å²) in [7, 11) is 3.72. The van der Waals surface area contributed by atoms with Crippen LogP contribution in [-0.4, -0.2) is 52.7 Å². The van der Waals surface area contributed by atoms with E-state index in [0.29, 0.717) is 23.7 Å². The molecular formula is C21H27F2N9O. The summed E-state index contributed by atoms with van der Waals surface area (Å²) >= 11 is 0. The van der Waals surface area contributed by atoms with Gasteiger partial charge in [0.2, 0.25) is 0 Å². The maximum atomic E-state index is 14.8. The van der Waals surface area contributed by atoms with Gasteiger partial charge in [0.1, 0.15) is 23.9 Å². The van der Waals surface area contributed by atoms with E-state index in [0.717, 1.165) is 17.7 Å². The molecule has 3 rings (SSSR count). The number of nitrogens with zero attached hydrogens (tertiary/aromatic N) is 6. The van der Waals surface area contributed by atoms with E-state index < -0.39 is 17.3 Å². The number of amidine groups is 1. The molecule has 33 heavy (non-hydrogen) atoms. The second kappa shape index (κ2) is 10.2. The first-order chi connectivity index (χ1) is 15.7. The van der Waals surface area contributed by atoms with Crippen LogP contribution in [0, 0.1) is 11.6 Å². The van der Waals surface area contributed by atoms with Crippen LogP contribution in [0.4, 0.5) is 20.3 Å². The van der Waals surface area contributed by atoms with Gasteiger partial charge in [-0.25, -0.2) is 19.6 Å². The number of hydrogen-bond acceptors (Lipinski definition) is 8. The van der Waals surface area contributed by atoms with Crippen molar-refractivity contribution in [2.24, 2.45) is 16.8 Å². The summed E-state index contributed by atoms with van der Waals surface area (Å²) in [6, 6.07) is 3.71. The van der Waals surface area contributed by atoms with E-state index in [9.17, 15) is 8.78 Å². The Kier molecular flexibility index (Phi) is 7.41. The quantitative estimate of drug-likeness (QED) is 0.201. The molecule has 3 aromatic rings. The number of hydrazine groups is 1. The van der Waals surface area contributed by atoms with Crippen LogP contribution >= 0.6 is 0 Å². The molecule has 0 radical (unpaired) electrons. The number of pyridine rings is 1. The van der Waals surface area contributed by atoms with Gasteiger partial charge in [-0.1, -0.05) is 0 Å². The Morgan fingerprint density at radius 3 is 2.42 bits per heavy atom. The highest BCUT2D eigenvalue weighted by atomic mass is 19.1. The molecule has 0 spiro atoms. The molecule has 2 heterocycles. The van der Waals surface area contributed by atoms with E-state index >= 15 is 0 Å². The van der Waals surface area contributed by atoms with Crippen molar-refractivity contribution in [3.05, 3.63) is 54.0 Å². The smallest absolute Gasteiger partial charge is 0.178 e. The maximum Gasteiger partial charge on any atom is 0.178 e. The zero-order chi connectivity index (χ0) is 24.1. The summed E-state index contributed by atoms with van der Waals surface area (Å²) in [4.78, 5) is 6.03. The molecule has 0 amide bonds. The highest BCUT2D eigenvalue weighted by Gasteiger charge is 2.24. The molecular weight excluding hydrogens is 432 g/mol. The number of nitrogen functional groups attached to an aromatic ring is 1. The summed E-state index contributed by atoms with van der Waals surface area (Å²) in [5, 5.41) is 8.55. The summed E-state index contributed by atoms with van der Waals surface area (Å²) in [6.45, 7) is 3.49. The largest absolute Gasteiger partial charge is 0.492 e. The van der Waals surface area contributed by atoms with Crippen LogP contribution in [0.3, 0.4) is 0 Å². The van der Waals surface area contributed by atoms with Gasteiger partial charge in [0.05, 0.1) is 11.8 Å².